The van der Waals surface area contributed by atoms with Crippen LogP contribution in [0.3, 0.4) is 0 Å². The highest BCUT2D eigenvalue weighted by atomic mass is 32.1. The summed E-state index contributed by atoms with van der Waals surface area (Å²) in [4.78, 5) is 15.7. The van der Waals surface area contributed by atoms with Crippen molar-refractivity contribution in [2.75, 3.05) is 0 Å². The highest BCUT2D eigenvalue weighted by Crippen LogP contribution is 2.42. The first-order valence-electron chi connectivity index (χ1n) is 21.2. The number of benzene rings is 9. The van der Waals surface area contributed by atoms with Gasteiger partial charge in [-0.2, -0.15) is 0 Å². The van der Waals surface area contributed by atoms with E-state index in [0.29, 0.717) is 17.5 Å². The SMILES string of the molecule is c1ccc(-c2nc(-c3ccc4c(c3)sc3ccc(-c5ccc6c(c5)c5ccccc5n6-c5ccccc5)cc34)nc(-c3cccc4c5ccccc5n(-c5ccccc5)c34)n2)cc1. The van der Waals surface area contributed by atoms with E-state index in [0.717, 1.165) is 44.5 Å². The molecule has 5 nitrogen and oxygen atoms in total. The maximum absolute atomic E-state index is 5.30. The second-order valence-corrected chi connectivity index (χ2v) is 17.1. The Bertz CT molecular complexity index is 3900. The molecule has 0 aliphatic rings. The van der Waals surface area contributed by atoms with Gasteiger partial charge >= 0.3 is 0 Å². The molecule has 4 aromatic heterocycles. The van der Waals surface area contributed by atoms with Crippen molar-refractivity contribution in [2.45, 2.75) is 0 Å². The smallest absolute Gasteiger partial charge is 0.166 e. The van der Waals surface area contributed by atoms with Crippen molar-refractivity contribution in [1.29, 1.82) is 0 Å². The van der Waals surface area contributed by atoms with Crippen molar-refractivity contribution in [1.82, 2.24) is 24.1 Å². The van der Waals surface area contributed by atoms with E-state index in [9.17, 15) is 0 Å². The number of nitrogens with zero attached hydrogens (tertiary/aromatic N) is 5. The quantitative estimate of drug-likeness (QED) is 0.168. The Kier molecular flexibility index (Phi) is 8.01. The van der Waals surface area contributed by atoms with Crippen LogP contribution in [0.5, 0.6) is 0 Å². The second kappa shape index (κ2) is 14.2. The summed E-state index contributed by atoms with van der Waals surface area (Å²) in [5.74, 6) is 1.91. The molecule has 0 bridgehead atoms. The van der Waals surface area contributed by atoms with Gasteiger partial charge in [0.1, 0.15) is 0 Å². The lowest BCUT2D eigenvalue weighted by Gasteiger charge is -2.12. The predicted molar refractivity (Wildman–Crippen MR) is 263 cm³/mol. The molecule has 0 unspecified atom stereocenters. The molecule has 294 valence electrons. The molecule has 0 aliphatic carbocycles. The molecule has 0 amide bonds. The van der Waals surface area contributed by atoms with Crippen molar-refractivity contribution in [3.63, 3.8) is 0 Å². The summed E-state index contributed by atoms with van der Waals surface area (Å²) in [7, 11) is 0. The molecule has 6 heteroatoms. The molecule has 0 radical (unpaired) electrons. The molecule has 9 aromatic carbocycles. The van der Waals surface area contributed by atoms with Gasteiger partial charge in [-0.15, -0.1) is 11.3 Å². The third kappa shape index (κ3) is 5.73. The van der Waals surface area contributed by atoms with Crippen molar-refractivity contribution < 1.29 is 0 Å². The normalized spacial score (nSPS) is 11.8. The molecule has 0 N–H and O–H groups in total. The Hall–Kier alpha value is -8.19. The zero-order chi connectivity index (χ0) is 41.4. The monoisotopic (exact) mass is 821 g/mol. The Balaban J connectivity index is 0.949. The van der Waals surface area contributed by atoms with Gasteiger partial charge in [0.15, 0.2) is 17.5 Å². The van der Waals surface area contributed by atoms with Crippen LogP contribution >= 0.6 is 11.3 Å². The van der Waals surface area contributed by atoms with Gasteiger partial charge in [0.2, 0.25) is 0 Å². The number of aromatic nitrogens is 5. The maximum atomic E-state index is 5.30. The summed E-state index contributed by atoms with van der Waals surface area (Å²) >= 11 is 1.81. The minimum atomic E-state index is 0.634. The molecule has 0 saturated carbocycles. The molecular formula is C57H35N5S. The second-order valence-electron chi connectivity index (χ2n) is 16.0. The van der Waals surface area contributed by atoms with Crippen LogP contribution in [-0.2, 0) is 0 Å². The fraction of sp³-hybridized carbons (Fsp3) is 0. The molecule has 0 aliphatic heterocycles. The largest absolute Gasteiger partial charge is 0.309 e. The molecule has 4 heterocycles. The molecule has 13 aromatic rings. The molecule has 0 spiro atoms. The number of rotatable bonds is 6. The topological polar surface area (TPSA) is 48.5 Å². The van der Waals surface area contributed by atoms with Gasteiger partial charge in [-0.05, 0) is 83.9 Å². The molecule has 13 rings (SSSR count). The van der Waals surface area contributed by atoms with E-state index < -0.39 is 0 Å². The van der Waals surface area contributed by atoms with Crippen LogP contribution < -0.4 is 0 Å². The number of hydrogen-bond acceptors (Lipinski definition) is 4. The molecule has 63 heavy (non-hydrogen) atoms. The number of fused-ring (bicyclic) bond motifs is 9. The minimum Gasteiger partial charge on any atom is -0.309 e. The van der Waals surface area contributed by atoms with Crippen molar-refractivity contribution in [3.8, 4) is 56.7 Å². The van der Waals surface area contributed by atoms with Gasteiger partial charge in [0, 0.05) is 69.8 Å². The van der Waals surface area contributed by atoms with Crippen molar-refractivity contribution in [2.24, 2.45) is 0 Å². The van der Waals surface area contributed by atoms with E-state index in [1.54, 1.807) is 11.3 Å². The highest BCUT2D eigenvalue weighted by Gasteiger charge is 2.21. The first-order chi connectivity index (χ1) is 31.2. The third-order valence-corrected chi connectivity index (χ3v) is 13.5. The Labute approximate surface area is 366 Å². The predicted octanol–water partition coefficient (Wildman–Crippen LogP) is 15.1. The Morgan fingerprint density at radius 1 is 0.302 bits per heavy atom. The third-order valence-electron chi connectivity index (χ3n) is 12.4. The van der Waals surface area contributed by atoms with Crippen LogP contribution in [0.2, 0.25) is 0 Å². The van der Waals surface area contributed by atoms with E-state index in [1.165, 1.54) is 58.5 Å². The Morgan fingerprint density at radius 3 is 1.59 bits per heavy atom. The average Bonchev–Trinajstić information content (AvgIpc) is 4.01. The maximum Gasteiger partial charge on any atom is 0.166 e. The van der Waals surface area contributed by atoms with Crippen molar-refractivity contribution in [3.05, 3.63) is 212 Å². The minimum absolute atomic E-state index is 0.634. The van der Waals surface area contributed by atoms with Crippen molar-refractivity contribution >= 4 is 75.1 Å². The summed E-state index contributed by atoms with van der Waals surface area (Å²) < 4.78 is 7.14. The highest BCUT2D eigenvalue weighted by molar-refractivity contribution is 7.25. The fourth-order valence-corrected chi connectivity index (χ4v) is 10.6. The molecular weight excluding hydrogens is 787 g/mol. The zero-order valence-corrected chi connectivity index (χ0v) is 34.7. The lowest BCUT2D eigenvalue weighted by atomic mass is 10.0. The first-order valence-corrected chi connectivity index (χ1v) is 22.0. The summed E-state index contributed by atoms with van der Waals surface area (Å²) in [6, 6.07) is 75.6. The van der Waals surface area contributed by atoms with Crippen LogP contribution in [0.25, 0.3) is 120 Å². The fourth-order valence-electron chi connectivity index (χ4n) is 9.49. The number of thiophene rings is 1. The van der Waals surface area contributed by atoms with E-state index >= 15 is 0 Å². The first kappa shape index (κ1) is 35.6. The van der Waals surface area contributed by atoms with Gasteiger partial charge in [-0.3, -0.25) is 0 Å². The van der Waals surface area contributed by atoms with Crippen LogP contribution in [0.4, 0.5) is 0 Å². The molecule has 0 atom stereocenters. The van der Waals surface area contributed by atoms with E-state index in [1.807, 2.05) is 18.2 Å². The number of para-hydroxylation sites is 5. The average molecular weight is 822 g/mol. The van der Waals surface area contributed by atoms with Gasteiger partial charge in [0.25, 0.3) is 0 Å². The Morgan fingerprint density at radius 2 is 0.841 bits per heavy atom. The van der Waals surface area contributed by atoms with Crippen LogP contribution in [0, 0.1) is 0 Å². The van der Waals surface area contributed by atoms with E-state index in [-0.39, 0.29) is 0 Å². The lowest BCUT2D eigenvalue weighted by molar-refractivity contribution is 1.07. The van der Waals surface area contributed by atoms with E-state index in [4.69, 9.17) is 15.0 Å². The standard InChI is InChI=1S/C57H35N5S/c1-4-15-36(16-5-1)55-58-56(60-57(59-55)46-24-14-23-45-42-21-10-13-26-50(42)62(54(45)46)41-19-8-3-9-20-41)39-27-30-44-48-34-38(29-32-52(48)63-53(44)35-39)37-28-31-51-47(33-37)43-22-11-12-25-49(43)61(51)40-17-6-2-7-18-40/h1-35H. The lowest BCUT2D eigenvalue weighted by Crippen LogP contribution is -2.02. The van der Waals surface area contributed by atoms with E-state index in [2.05, 4.69) is 203 Å². The summed E-state index contributed by atoms with van der Waals surface area (Å²) in [5, 5.41) is 7.30. The number of hydrogen-bond donors (Lipinski definition) is 0. The van der Waals surface area contributed by atoms with Gasteiger partial charge in [0.05, 0.1) is 22.1 Å². The van der Waals surface area contributed by atoms with Crippen LogP contribution in [0.1, 0.15) is 0 Å². The summed E-state index contributed by atoms with van der Waals surface area (Å²) in [6.07, 6.45) is 0. The summed E-state index contributed by atoms with van der Waals surface area (Å²) in [5.41, 5.74) is 12.1. The van der Waals surface area contributed by atoms with Gasteiger partial charge in [-0.1, -0.05) is 140 Å². The summed E-state index contributed by atoms with van der Waals surface area (Å²) in [6.45, 7) is 0. The van der Waals surface area contributed by atoms with Gasteiger partial charge < -0.3 is 9.13 Å². The molecule has 0 fully saturated rings. The zero-order valence-electron chi connectivity index (χ0n) is 33.9. The van der Waals surface area contributed by atoms with Gasteiger partial charge in [-0.25, -0.2) is 15.0 Å². The van der Waals surface area contributed by atoms with Crippen LogP contribution in [-0.4, -0.2) is 24.1 Å². The van der Waals surface area contributed by atoms with Crippen LogP contribution in [0.15, 0.2) is 212 Å². The molecule has 0 saturated heterocycles.